The van der Waals surface area contributed by atoms with Crippen molar-refractivity contribution in [1.29, 1.82) is 16.1 Å². The Labute approximate surface area is 171 Å². The van der Waals surface area contributed by atoms with Crippen LogP contribution in [0.4, 0.5) is 0 Å². The minimum Gasteiger partial charge on any atom is -0.296 e. The van der Waals surface area contributed by atoms with Crippen LogP contribution in [-0.2, 0) is 0 Å². The highest BCUT2D eigenvalue weighted by molar-refractivity contribution is 8.26. The lowest BCUT2D eigenvalue weighted by molar-refractivity contribution is 0.320. The summed E-state index contributed by atoms with van der Waals surface area (Å²) >= 11 is 8.96. The van der Waals surface area contributed by atoms with Gasteiger partial charge in [0.05, 0.1) is 27.8 Å². The topological polar surface area (TPSA) is 101 Å². The molecule has 2 fully saturated rings. The molecule has 2 saturated carbocycles. The van der Waals surface area contributed by atoms with Crippen molar-refractivity contribution in [2.75, 3.05) is 0 Å². The number of nitrogens with zero attached hydrogens (tertiary/aromatic N) is 3. The van der Waals surface area contributed by atoms with E-state index in [1.807, 2.05) is 12.3 Å². The maximum atomic E-state index is 9.40. The van der Waals surface area contributed by atoms with Crippen LogP contribution >= 0.6 is 35.3 Å². The highest BCUT2D eigenvalue weighted by Crippen LogP contribution is 2.44. The van der Waals surface area contributed by atoms with E-state index < -0.39 is 5.41 Å². The summed E-state index contributed by atoms with van der Waals surface area (Å²) in [5.74, 6) is 0.439. The molecular weight excluding hydrogens is 400 g/mol. The van der Waals surface area contributed by atoms with Crippen LogP contribution in [0.25, 0.3) is 5.52 Å². The van der Waals surface area contributed by atoms with Crippen LogP contribution in [0.3, 0.4) is 0 Å². The molecule has 0 radical (unpaired) electrons. The first-order chi connectivity index (χ1) is 12.9. The molecule has 27 heavy (non-hydrogen) atoms. The van der Waals surface area contributed by atoms with Gasteiger partial charge in [0.15, 0.2) is 5.82 Å². The molecule has 0 amide bonds. The van der Waals surface area contributed by atoms with Gasteiger partial charge in [-0.05, 0) is 57.0 Å². The summed E-state index contributed by atoms with van der Waals surface area (Å²) in [4.78, 5) is 5.29. The van der Waals surface area contributed by atoms with E-state index in [2.05, 4.69) is 22.7 Å². The monoisotopic (exact) mass is 418 g/mol. The van der Waals surface area contributed by atoms with Crippen LogP contribution in [-0.4, -0.2) is 25.0 Å². The summed E-state index contributed by atoms with van der Waals surface area (Å²) in [7, 11) is 0. The predicted molar refractivity (Wildman–Crippen MR) is 111 cm³/mol. The van der Waals surface area contributed by atoms with E-state index in [4.69, 9.17) is 22.4 Å². The average Bonchev–Trinajstić information content (AvgIpc) is 3.16. The molecule has 2 heterocycles. The number of hydrogen-bond donors (Lipinski definition) is 3. The molecule has 2 aliphatic rings. The summed E-state index contributed by atoms with van der Waals surface area (Å²) in [6.07, 6.45) is 8.23. The van der Waals surface area contributed by atoms with Gasteiger partial charge in [-0.2, -0.15) is 5.26 Å². The summed E-state index contributed by atoms with van der Waals surface area (Å²) in [5, 5.41) is 27.1. The Balaban J connectivity index is 1.57. The molecule has 4 rings (SSSR count). The maximum absolute atomic E-state index is 9.40. The second-order valence-corrected chi connectivity index (χ2v) is 9.74. The fourth-order valence-corrected chi connectivity index (χ4v) is 5.01. The van der Waals surface area contributed by atoms with Gasteiger partial charge in [-0.3, -0.25) is 19.9 Å². The van der Waals surface area contributed by atoms with Crippen molar-refractivity contribution >= 4 is 50.9 Å². The van der Waals surface area contributed by atoms with Crippen molar-refractivity contribution in [1.82, 2.24) is 14.1 Å². The molecule has 140 valence electrons. The largest absolute Gasteiger partial charge is 0.296 e. The SMILES string of the molecule is CC1(NSc2cc(Cl)c3cnc(C(=N)SC(=N)C4(C#N)CCC4)n3c2)CC1. The third-order valence-corrected chi connectivity index (χ3v) is 7.58. The smallest absolute Gasteiger partial charge is 0.169 e. The Bertz CT molecular complexity index is 984. The van der Waals surface area contributed by atoms with Crippen LogP contribution in [0.1, 0.15) is 44.9 Å². The van der Waals surface area contributed by atoms with Gasteiger partial charge >= 0.3 is 0 Å². The van der Waals surface area contributed by atoms with Gasteiger partial charge in [0.1, 0.15) is 10.5 Å². The van der Waals surface area contributed by atoms with Gasteiger partial charge < -0.3 is 0 Å². The molecule has 9 heteroatoms. The number of aromatic nitrogens is 2. The van der Waals surface area contributed by atoms with Gasteiger partial charge in [-0.1, -0.05) is 23.4 Å². The van der Waals surface area contributed by atoms with Crippen molar-refractivity contribution in [3.8, 4) is 6.07 Å². The Morgan fingerprint density at radius 3 is 2.70 bits per heavy atom. The highest BCUT2D eigenvalue weighted by atomic mass is 35.5. The van der Waals surface area contributed by atoms with Gasteiger partial charge in [0, 0.05) is 16.6 Å². The molecule has 2 aromatic rings. The normalized spacial score (nSPS) is 19.3. The molecular formula is C18H19ClN6S2. The van der Waals surface area contributed by atoms with Crippen LogP contribution in [0.5, 0.6) is 0 Å². The van der Waals surface area contributed by atoms with E-state index in [9.17, 15) is 5.26 Å². The van der Waals surface area contributed by atoms with E-state index in [1.165, 1.54) is 11.9 Å². The molecule has 0 saturated heterocycles. The van der Waals surface area contributed by atoms with Gasteiger partial charge in [-0.25, -0.2) is 4.98 Å². The van der Waals surface area contributed by atoms with Crippen molar-refractivity contribution in [3.63, 3.8) is 0 Å². The lowest BCUT2D eigenvalue weighted by Gasteiger charge is -2.34. The number of rotatable bonds is 5. The van der Waals surface area contributed by atoms with Crippen molar-refractivity contribution < 1.29 is 0 Å². The molecule has 2 aliphatic carbocycles. The van der Waals surface area contributed by atoms with Crippen LogP contribution in [0.15, 0.2) is 23.4 Å². The first-order valence-corrected chi connectivity index (χ1v) is 10.7. The third kappa shape index (κ3) is 3.49. The minimum absolute atomic E-state index is 0.154. The molecule has 6 nitrogen and oxygen atoms in total. The van der Waals surface area contributed by atoms with E-state index in [0.717, 1.165) is 41.4 Å². The fraction of sp³-hybridized carbons (Fsp3) is 0.444. The lowest BCUT2D eigenvalue weighted by Crippen LogP contribution is -2.35. The predicted octanol–water partition coefficient (Wildman–Crippen LogP) is 4.87. The molecule has 2 aromatic heterocycles. The number of fused-ring (bicyclic) bond motifs is 1. The minimum atomic E-state index is -0.716. The molecule has 0 spiro atoms. The van der Waals surface area contributed by atoms with E-state index in [-0.39, 0.29) is 15.6 Å². The quantitative estimate of drug-likeness (QED) is 0.365. The van der Waals surface area contributed by atoms with Crippen LogP contribution in [0.2, 0.25) is 5.02 Å². The molecule has 0 bridgehead atoms. The molecule has 0 aliphatic heterocycles. The Morgan fingerprint density at radius 2 is 2.11 bits per heavy atom. The van der Waals surface area contributed by atoms with E-state index in [0.29, 0.717) is 23.7 Å². The highest BCUT2D eigenvalue weighted by Gasteiger charge is 2.42. The van der Waals surface area contributed by atoms with Gasteiger partial charge in [-0.15, -0.1) is 0 Å². The summed E-state index contributed by atoms with van der Waals surface area (Å²) < 4.78 is 5.25. The zero-order valence-electron chi connectivity index (χ0n) is 14.8. The van der Waals surface area contributed by atoms with Crippen LogP contribution < -0.4 is 4.72 Å². The third-order valence-electron chi connectivity index (χ3n) is 5.25. The number of imidazole rings is 1. The fourth-order valence-electron chi connectivity index (χ4n) is 2.89. The summed E-state index contributed by atoms with van der Waals surface area (Å²) in [6, 6.07) is 4.15. The number of halogens is 1. The Kier molecular flexibility index (Phi) is 4.75. The number of thioether (sulfide) groups is 1. The van der Waals surface area contributed by atoms with Crippen LogP contribution in [0, 0.1) is 27.6 Å². The molecule has 0 unspecified atom stereocenters. The molecule has 0 atom stereocenters. The maximum Gasteiger partial charge on any atom is 0.169 e. The molecule has 3 N–H and O–H groups in total. The van der Waals surface area contributed by atoms with Crippen molar-refractivity contribution in [2.45, 2.75) is 49.5 Å². The second kappa shape index (κ2) is 6.82. The number of nitriles is 1. The lowest BCUT2D eigenvalue weighted by atomic mass is 9.71. The zero-order chi connectivity index (χ0) is 19.2. The standard InChI is InChI=1S/C18H19ClN6S2/c1-17(5-6-17)24-27-11-7-12(19)13-8-23-15(25(13)9-11)14(21)26-16(22)18(10-20)3-2-4-18/h7-9,21-22,24H,2-6H2,1H3. The molecule has 0 aromatic carbocycles. The number of pyridine rings is 1. The van der Waals surface area contributed by atoms with Crippen molar-refractivity contribution in [3.05, 3.63) is 29.3 Å². The number of hydrogen-bond acceptors (Lipinski definition) is 7. The second-order valence-electron chi connectivity index (χ2n) is 7.43. The van der Waals surface area contributed by atoms with Crippen molar-refractivity contribution in [2.24, 2.45) is 5.41 Å². The van der Waals surface area contributed by atoms with Gasteiger partial charge in [0.25, 0.3) is 0 Å². The first-order valence-electron chi connectivity index (χ1n) is 8.74. The zero-order valence-corrected chi connectivity index (χ0v) is 17.2. The number of nitrogens with one attached hydrogen (secondary N) is 3. The van der Waals surface area contributed by atoms with E-state index >= 15 is 0 Å². The summed E-state index contributed by atoms with van der Waals surface area (Å²) in [6.45, 7) is 2.19. The Hall–Kier alpha value is -1.53. The Morgan fingerprint density at radius 1 is 1.37 bits per heavy atom. The van der Waals surface area contributed by atoms with Gasteiger partial charge in [0.2, 0.25) is 0 Å². The summed E-state index contributed by atoms with van der Waals surface area (Å²) in [5.41, 5.74) is 0.200. The average molecular weight is 419 g/mol. The van der Waals surface area contributed by atoms with E-state index in [1.54, 1.807) is 10.6 Å². The first kappa shape index (κ1) is 18.8.